The predicted molar refractivity (Wildman–Crippen MR) is 66.0 cm³/mol. The van der Waals surface area contributed by atoms with Crippen LogP contribution in [0.3, 0.4) is 0 Å². The summed E-state index contributed by atoms with van der Waals surface area (Å²) in [6.45, 7) is 2.72. The number of likely N-dealkylation sites (N-methyl/N-ethyl adjacent to an activating group) is 1. The molecule has 0 radical (unpaired) electrons. The topological polar surface area (TPSA) is 89.4 Å². The van der Waals surface area contributed by atoms with Crippen LogP contribution >= 0.6 is 0 Å². The van der Waals surface area contributed by atoms with Gasteiger partial charge in [-0.1, -0.05) is 19.3 Å². The van der Waals surface area contributed by atoms with Gasteiger partial charge in [-0.3, -0.25) is 9.59 Å². The van der Waals surface area contributed by atoms with Gasteiger partial charge in [-0.15, -0.1) is 0 Å². The maximum absolute atomic E-state index is 12.5. The molecule has 0 saturated heterocycles. The van der Waals surface area contributed by atoms with Crippen molar-refractivity contribution in [1.82, 2.24) is 4.90 Å². The van der Waals surface area contributed by atoms with Gasteiger partial charge >= 0.3 is 0 Å². The average Bonchev–Trinajstić information content (AvgIpc) is 2.35. The molecule has 5 nitrogen and oxygen atoms in total. The Bertz CT molecular complexity index is 285. The van der Waals surface area contributed by atoms with Crippen LogP contribution in [-0.4, -0.2) is 36.3 Å². The van der Waals surface area contributed by atoms with E-state index in [0.29, 0.717) is 13.1 Å². The van der Waals surface area contributed by atoms with E-state index in [1.807, 2.05) is 6.92 Å². The first-order valence-electron chi connectivity index (χ1n) is 6.33. The van der Waals surface area contributed by atoms with Gasteiger partial charge in [0, 0.05) is 13.1 Å². The zero-order valence-electron chi connectivity index (χ0n) is 10.6. The quantitative estimate of drug-likeness (QED) is 0.722. The van der Waals surface area contributed by atoms with Gasteiger partial charge in [0.05, 0.1) is 12.0 Å². The minimum absolute atomic E-state index is 0.000926. The van der Waals surface area contributed by atoms with Crippen molar-refractivity contribution in [2.45, 2.75) is 39.0 Å². The summed E-state index contributed by atoms with van der Waals surface area (Å²) in [4.78, 5) is 24.9. The summed E-state index contributed by atoms with van der Waals surface area (Å²) in [6, 6.07) is 0. The minimum atomic E-state index is -0.469. The third kappa shape index (κ3) is 3.19. The van der Waals surface area contributed by atoms with Crippen LogP contribution in [-0.2, 0) is 9.59 Å². The Labute approximate surface area is 103 Å². The molecule has 0 aromatic rings. The molecule has 1 saturated carbocycles. The van der Waals surface area contributed by atoms with Crippen LogP contribution in [0.4, 0.5) is 0 Å². The Morgan fingerprint density at radius 2 is 1.82 bits per heavy atom. The normalized spacial score (nSPS) is 18.7. The van der Waals surface area contributed by atoms with E-state index in [1.165, 1.54) is 4.90 Å². The summed E-state index contributed by atoms with van der Waals surface area (Å²) in [6.07, 6.45) is 4.90. The van der Waals surface area contributed by atoms with Crippen LogP contribution in [0.5, 0.6) is 0 Å². The Morgan fingerprint density at radius 3 is 2.24 bits per heavy atom. The van der Waals surface area contributed by atoms with Crippen molar-refractivity contribution >= 4 is 11.8 Å². The van der Waals surface area contributed by atoms with E-state index in [0.717, 1.165) is 32.1 Å². The lowest BCUT2D eigenvalue weighted by molar-refractivity contribution is -0.145. The van der Waals surface area contributed by atoms with E-state index in [-0.39, 0.29) is 12.5 Å². The van der Waals surface area contributed by atoms with Crippen molar-refractivity contribution in [3.63, 3.8) is 0 Å². The van der Waals surface area contributed by atoms with Crippen molar-refractivity contribution < 1.29 is 9.59 Å². The fourth-order valence-electron chi connectivity index (χ4n) is 2.58. The zero-order chi connectivity index (χ0) is 12.9. The molecule has 1 fully saturated rings. The summed E-state index contributed by atoms with van der Waals surface area (Å²) in [5, 5.41) is 0. The van der Waals surface area contributed by atoms with E-state index < -0.39 is 11.3 Å². The van der Waals surface area contributed by atoms with E-state index in [9.17, 15) is 9.59 Å². The minimum Gasteiger partial charge on any atom is -0.368 e. The predicted octanol–water partition coefficient (Wildman–Crippen LogP) is 0.229. The van der Waals surface area contributed by atoms with Gasteiger partial charge in [0.1, 0.15) is 0 Å². The third-order valence-corrected chi connectivity index (χ3v) is 3.67. The van der Waals surface area contributed by atoms with Gasteiger partial charge in [-0.05, 0) is 19.8 Å². The van der Waals surface area contributed by atoms with Crippen LogP contribution in [0.2, 0.25) is 0 Å². The summed E-state index contributed by atoms with van der Waals surface area (Å²) in [5.41, 5.74) is 10.5. The molecule has 2 amide bonds. The maximum atomic E-state index is 12.5. The highest BCUT2D eigenvalue weighted by Crippen LogP contribution is 2.37. The van der Waals surface area contributed by atoms with Crippen LogP contribution in [0, 0.1) is 5.41 Å². The summed E-state index contributed by atoms with van der Waals surface area (Å²) in [5.74, 6) is -0.468. The number of carbonyl (C=O) groups is 2. The van der Waals surface area contributed by atoms with Crippen LogP contribution < -0.4 is 11.5 Å². The highest BCUT2D eigenvalue weighted by atomic mass is 16.2. The van der Waals surface area contributed by atoms with E-state index >= 15 is 0 Å². The van der Waals surface area contributed by atoms with Crippen LogP contribution in [0.1, 0.15) is 39.0 Å². The molecule has 0 heterocycles. The number of primary amides is 1. The lowest BCUT2D eigenvalue weighted by atomic mass is 9.73. The maximum Gasteiger partial charge on any atom is 0.237 e. The molecule has 4 N–H and O–H groups in total. The molecule has 1 rings (SSSR count). The van der Waals surface area contributed by atoms with Gasteiger partial charge in [0.15, 0.2) is 0 Å². The SMILES string of the molecule is CCN(CC(N)=O)C(=O)C1(CN)CCCCC1. The molecule has 0 bridgehead atoms. The molecular formula is C12H23N3O2. The Hall–Kier alpha value is -1.10. The number of nitrogens with zero attached hydrogens (tertiary/aromatic N) is 1. The molecule has 0 unspecified atom stereocenters. The van der Waals surface area contributed by atoms with Gasteiger partial charge < -0.3 is 16.4 Å². The van der Waals surface area contributed by atoms with Crippen molar-refractivity contribution in [2.24, 2.45) is 16.9 Å². The average molecular weight is 241 g/mol. The Kier molecular flexibility index (Phi) is 4.93. The second kappa shape index (κ2) is 6.00. The van der Waals surface area contributed by atoms with Crippen LogP contribution in [0.25, 0.3) is 0 Å². The Morgan fingerprint density at radius 1 is 1.24 bits per heavy atom. The fraction of sp³-hybridized carbons (Fsp3) is 0.833. The molecular weight excluding hydrogens is 218 g/mol. The molecule has 0 aliphatic heterocycles. The molecule has 5 heteroatoms. The second-order valence-corrected chi connectivity index (χ2v) is 4.83. The molecule has 0 aromatic carbocycles. The van der Waals surface area contributed by atoms with E-state index in [1.54, 1.807) is 0 Å². The fourth-order valence-corrected chi connectivity index (χ4v) is 2.58. The van der Waals surface area contributed by atoms with Crippen molar-refractivity contribution in [3.05, 3.63) is 0 Å². The molecule has 0 aromatic heterocycles. The number of nitrogens with two attached hydrogens (primary N) is 2. The third-order valence-electron chi connectivity index (χ3n) is 3.67. The van der Waals surface area contributed by atoms with Crippen molar-refractivity contribution in [3.8, 4) is 0 Å². The van der Waals surface area contributed by atoms with Crippen LogP contribution in [0.15, 0.2) is 0 Å². The standard InChI is InChI=1S/C12H23N3O2/c1-2-15(8-10(14)16)11(17)12(9-13)6-4-3-5-7-12/h2-9,13H2,1H3,(H2,14,16). The number of rotatable bonds is 5. The number of carbonyl (C=O) groups excluding carboxylic acids is 2. The van der Waals surface area contributed by atoms with Gasteiger partial charge in [-0.25, -0.2) is 0 Å². The number of hydrogen-bond acceptors (Lipinski definition) is 3. The second-order valence-electron chi connectivity index (χ2n) is 4.83. The van der Waals surface area contributed by atoms with Crippen molar-refractivity contribution in [2.75, 3.05) is 19.6 Å². The highest BCUT2D eigenvalue weighted by Gasteiger charge is 2.40. The summed E-state index contributed by atoms with van der Waals surface area (Å²) in [7, 11) is 0. The zero-order valence-corrected chi connectivity index (χ0v) is 10.6. The number of hydrogen-bond donors (Lipinski definition) is 2. The molecule has 98 valence electrons. The molecule has 0 spiro atoms. The molecule has 1 aliphatic rings. The molecule has 1 aliphatic carbocycles. The summed E-state index contributed by atoms with van der Waals surface area (Å²) >= 11 is 0. The van der Waals surface area contributed by atoms with E-state index in [4.69, 9.17) is 11.5 Å². The largest absolute Gasteiger partial charge is 0.368 e. The first-order chi connectivity index (χ1) is 8.05. The number of amides is 2. The molecule has 17 heavy (non-hydrogen) atoms. The highest BCUT2D eigenvalue weighted by molar-refractivity contribution is 5.87. The lowest BCUT2D eigenvalue weighted by Crippen LogP contribution is -2.51. The first kappa shape index (κ1) is 14.0. The van der Waals surface area contributed by atoms with Crippen molar-refractivity contribution in [1.29, 1.82) is 0 Å². The van der Waals surface area contributed by atoms with Gasteiger partial charge in [-0.2, -0.15) is 0 Å². The smallest absolute Gasteiger partial charge is 0.237 e. The lowest BCUT2D eigenvalue weighted by Gasteiger charge is -2.38. The monoisotopic (exact) mass is 241 g/mol. The first-order valence-corrected chi connectivity index (χ1v) is 6.33. The molecule has 0 atom stereocenters. The van der Waals surface area contributed by atoms with Gasteiger partial charge in [0.25, 0.3) is 0 Å². The Balaban J connectivity index is 2.78. The van der Waals surface area contributed by atoms with E-state index in [2.05, 4.69) is 0 Å². The van der Waals surface area contributed by atoms with Gasteiger partial charge in [0.2, 0.25) is 11.8 Å². The summed E-state index contributed by atoms with van der Waals surface area (Å²) < 4.78 is 0.